The quantitative estimate of drug-likeness (QED) is 0.808. The number of hydrogen-bond donors (Lipinski definition) is 1. The summed E-state index contributed by atoms with van der Waals surface area (Å²) in [5, 5.41) is 11.0. The van der Waals surface area contributed by atoms with E-state index in [-0.39, 0.29) is 6.42 Å². The fraction of sp³-hybridized carbons (Fsp3) is 0.200. The van der Waals surface area contributed by atoms with Gasteiger partial charge in [-0.2, -0.15) is 13.2 Å². The first kappa shape index (κ1) is 16.1. The van der Waals surface area contributed by atoms with Crippen molar-refractivity contribution in [2.24, 2.45) is 0 Å². The van der Waals surface area contributed by atoms with E-state index in [9.17, 15) is 18.3 Å². The number of benzene rings is 2. The van der Waals surface area contributed by atoms with Gasteiger partial charge in [0, 0.05) is 16.5 Å². The molecular formula is C15H11Cl2F3O. The minimum absolute atomic E-state index is 0.196. The largest absolute Gasteiger partial charge is 0.416 e. The van der Waals surface area contributed by atoms with Gasteiger partial charge >= 0.3 is 6.18 Å². The third kappa shape index (κ3) is 4.13. The number of aliphatic hydroxyl groups excluding tert-OH is 1. The third-order valence-electron chi connectivity index (χ3n) is 3.05. The molecule has 0 bridgehead atoms. The number of rotatable bonds is 3. The average Bonchev–Trinajstić information content (AvgIpc) is 2.41. The number of halogens is 5. The summed E-state index contributed by atoms with van der Waals surface area (Å²) in [5.41, 5.74) is 0.324. The van der Waals surface area contributed by atoms with Crippen molar-refractivity contribution >= 4 is 23.2 Å². The van der Waals surface area contributed by atoms with Crippen molar-refractivity contribution in [3.63, 3.8) is 0 Å². The molecule has 1 atom stereocenters. The Bertz CT molecular complexity index is 624. The van der Waals surface area contributed by atoms with E-state index < -0.39 is 17.8 Å². The van der Waals surface area contributed by atoms with E-state index in [1.807, 2.05) is 0 Å². The van der Waals surface area contributed by atoms with Gasteiger partial charge in [0.2, 0.25) is 0 Å². The summed E-state index contributed by atoms with van der Waals surface area (Å²) in [4.78, 5) is 0. The molecule has 6 heteroatoms. The normalized spacial score (nSPS) is 13.2. The fourth-order valence-electron chi connectivity index (χ4n) is 1.91. The van der Waals surface area contributed by atoms with E-state index in [2.05, 4.69) is 0 Å². The summed E-state index contributed by atoms with van der Waals surface area (Å²) in [6.45, 7) is 0. The Labute approximate surface area is 129 Å². The van der Waals surface area contributed by atoms with E-state index in [1.165, 1.54) is 12.1 Å². The highest BCUT2D eigenvalue weighted by molar-refractivity contribution is 6.35. The van der Waals surface area contributed by atoms with Crippen LogP contribution in [0.1, 0.15) is 22.8 Å². The van der Waals surface area contributed by atoms with Gasteiger partial charge in [-0.1, -0.05) is 41.4 Å². The molecule has 0 saturated carbocycles. The van der Waals surface area contributed by atoms with Crippen LogP contribution in [-0.2, 0) is 12.6 Å². The molecule has 0 heterocycles. The van der Waals surface area contributed by atoms with Crippen LogP contribution in [0.4, 0.5) is 13.2 Å². The van der Waals surface area contributed by atoms with Crippen LogP contribution in [0.25, 0.3) is 0 Å². The fourth-order valence-corrected chi connectivity index (χ4v) is 2.39. The molecule has 0 amide bonds. The molecule has 1 unspecified atom stereocenters. The van der Waals surface area contributed by atoms with Gasteiger partial charge in [0.25, 0.3) is 0 Å². The van der Waals surface area contributed by atoms with Gasteiger partial charge in [0.15, 0.2) is 0 Å². The second-order valence-electron chi connectivity index (χ2n) is 4.58. The minimum atomic E-state index is -4.39. The zero-order chi connectivity index (χ0) is 15.6. The number of alkyl halides is 3. The molecule has 0 aliphatic heterocycles. The van der Waals surface area contributed by atoms with Crippen LogP contribution in [0.15, 0.2) is 42.5 Å². The van der Waals surface area contributed by atoms with Crippen molar-refractivity contribution in [2.45, 2.75) is 18.7 Å². The molecule has 0 spiro atoms. The van der Waals surface area contributed by atoms with Crippen molar-refractivity contribution in [2.75, 3.05) is 0 Å². The van der Waals surface area contributed by atoms with Crippen LogP contribution in [0.2, 0.25) is 10.0 Å². The van der Waals surface area contributed by atoms with Gasteiger partial charge in [-0.15, -0.1) is 0 Å². The molecular weight excluding hydrogens is 324 g/mol. The van der Waals surface area contributed by atoms with Gasteiger partial charge < -0.3 is 5.11 Å². The maximum atomic E-state index is 12.5. The zero-order valence-electron chi connectivity index (χ0n) is 10.7. The van der Waals surface area contributed by atoms with Gasteiger partial charge in [0.05, 0.1) is 11.7 Å². The molecule has 0 fully saturated rings. The molecule has 112 valence electrons. The molecule has 0 aliphatic rings. The predicted octanol–water partition coefficient (Wildman–Crippen LogP) is 5.29. The van der Waals surface area contributed by atoms with E-state index in [0.29, 0.717) is 21.2 Å². The first-order valence-corrected chi connectivity index (χ1v) is 6.82. The summed E-state index contributed by atoms with van der Waals surface area (Å²) in [7, 11) is 0. The van der Waals surface area contributed by atoms with Crippen LogP contribution >= 0.6 is 23.2 Å². The average molecular weight is 335 g/mol. The number of aliphatic hydroxyl groups is 1. The SMILES string of the molecule is OC(Cc1ccc(Cl)cc1Cl)c1ccc(C(F)(F)F)cc1. The molecule has 0 aromatic heterocycles. The second-order valence-corrected chi connectivity index (χ2v) is 5.42. The summed E-state index contributed by atoms with van der Waals surface area (Å²) in [5.74, 6) is 0. The Morgan fingerprint density at radius 2 is 1.62 bits per heavy atom. The molecule has 2 aromatic rings. The number of hydrogen-bond acceptors (Lipinski definition) is 1. The summed E-state index contributed by atoms with van der Waals surface area (Å²) in [6, 6.07) is 9.29. The van der Waals surface area contributed by atoms with Crippen LogP contribution in [0.3, 0.4) is 0 Å². The van der Waals surface area contributed by atoms with Crippen molar-refractivity contribution < 1.29 is 18.3 Å². The lowest BCUT2D eigenvalue weighted by atomic mass is 10.0. The van der Waals surface area contributed by atoms with Crippen LogP contribution < -0.4 is 0 Å². The van der Waals surface area contributed by atoms with Gasteiger partial charge in [-0.05, 0) is 35.4 Å². The molecule has 0 saturated heterocycles. The minimum Gasteiger partial charge on any atom is -0.388 e. The van der Waals surface area contributed by atoms with Gasteiger partial charge in [-0.25, -0.2) is 0 Å². The van der Waals surface area contributed by atoms with E-state index in [4.69, 9.17) is 23.2 Å². The highest BCUT2D eigenvalue weighted by atomic mass is 35.5. The maximum Gasteiger partial charge on any atom is 0.416 e. The summed E-state index contributed by atoms with van der Waals surface area (Å²) >= 11 is 11.8. The first-order valence-electron chi connectivity index (χ1n) is 6.06. The Kier molecular flexibility index (Phi) is 4.81. The van der Waals surface area contributed by atoms with Gasteiger partial charge in [-0.3, -0.25) is 0 Å². The Hall–Kier alpha value is -1.23. The van der Waals surface area contributed by atoms with Crippen molar-refractivity contribution in [3.8, 4) is 0 Å². The van der Waals surface area contributed by atoms with Crippen molar-refractivity contribution in [1.82, 2.24) is 0 Å². The molecule has 21 heavy (non-hydrogen) atoms. The standard InChI is InChI=1S/C15H11Cl2F3O/c16-12-6-3-10(13(17)8-12)7-14(21)9-1-4-11(5-2-9)15(18,19)20/h1-6,8,14,21H,7H2. The van der Waals surface area contributed by atoms with E-state index in [0.717, 1.165) is 12.1 Å². The lowest BCUT2D eigenvalue weighted by molar-refractivity contribution is -0.137. The lowest BCUT2D eigenvalue weighted by Gasteiger charge is -2.14. The molecule has 2 rings (SSSR count). The third-order valence-corrected chi connectivity index (χ3v) is 3.64. The Morgan fingerprint density at radius 1 is 1.00 bits per heavy atom. The van der Waals surface area contributed by atoms with Crippen molar-refractivity contribution in [1.29, 1.82) is 0 Å². The smallest absolute Gasteiger partial charge is 0.388 e. The highest BCUT2D eigenvalue weighted by Gasteiger charge is 2.30. The van der Waals surface area contributed by atoms with Gasteiger partial charge in [0.1, 0.15) is 0 Å². The highest BCUT2D eigenvalue weighted by Crippen LogP contribution is 2.31. The zero-order valence-corrected chi connectivity index (χ0v) is 12.2. The molecule has 1 nitrogen and oxygen atoms in total. The van der Waals surface area contributed by atoms with Crippen LogP contribution in [-0.4, -0.2) is 5.11 Å². The van der Waals surface area contributed by atoms with E-state index >= 15 is 0 Å². The first-order chi connectivity index (χ1) is 9.77. The topological polar surface area (TPSA) is 20.2 Å². The summed E-state index contributed by atoms with van der Waals surface area (Å²) in [6.07, 6.45) is -5.13. The van der Waals surface area contributed by atoms with Crippen molar-refractivity contribution in [3.05, 3.63) is 69.2 Å². The second kappa shape index (κ2) is 6.26. The molecule has 1 N–H and O–H groups in total. The molecule has 0 radical (unpaired) electrons. The van der Waals surface area contributed by atoms with Crippen LogP contribution in [0.5, 0.6) is 0 Å². The summed E-state index contributed by atoms with van der Waals surface area (Å²) < 4.78 is 37.4. The Morgan fingerprint density at radius 3 is 2.14 bits per heavy atom. The Balaban J connectivity index is 2.15. The molecule has 0 aliphatic carbocycles. The lowest BCUT2D eigenvalue weighted by Crippen LogP contribution is -2.06. The van der Waals surface area contributed by atoms with E-state index in [1.54, 1.807) is 18.2 Å². The molecule has 2 aromatic carbocycles. The monoisotopic (exact) mass is 334 g/mol. The maximum absolute atomic E-state index is 12.5. The predicted molar refractivity (Wildman–Crippen MR) is 76.6 cm³/mol. The van der Waals surface area contributed by atoms with Crippen LogP contribution in [0, 0.1) is 0 Å².